The molecular weight excluding hydrogens is 290 g/mol. The summed E-state index contributed by atoms with van der Waals surface area (Å²) in [6, 6.07) is 13.8. The van der Waals surface area contributed by atoms with Gasteiger partial charge in [0, 0.05) is 12.6 Å². The third kappa shape index (κ3) is 2.47. The first kappa shape index (κ1) is 14.3. The Labute approximate surface area is 125 Å². The second-order valence-corrected chi connectivity index (χ2v) is 4.89. The standard InChI is InChI=1S/C16H14F2N2O2/c1-19-15(21)12-7-3-4-8-13(12)20(19)10-11-6-2-5-9-14(11)22-16(17)18/h2-9,16H,10H2,1H3. The Balaban J connectivity index is 2.08. The van der Waals surface area contributed by atoms with Crippen LogP contribution in [-0.2, 0) is 13.6 Å². The number of nitrogens with zero attached hydrogens (tertiary/aromatic N) is 2. The van der Waals surface area contributed by atoms with Crippen molar-refractivity contribution in [2.75, 3.05) is 0 Å². The first-order valence-electron chi connectivity index (χ1n) is 6.75. The van der Waals surface area contributed by atoms with E-state index in [1.807, 2.05) is 12.1 Å². The van der Waals surface area contributed by atoms with Crippen molar-refractivity contribution in [3.63, 3.8) is 0 Å². The van der Waals surface area contributed by atoms with Crippen LogP contribution in [0.2, 0.25) is 0 Å². The highest BCUT2D eigenvalue weighted by atomic mass is 19.3. The van der Waals surface area contributed by atoms with Crippen LogP contribution in [0.4, 0.5) is 8.78 Å². The predicted molar refractivity (Wildman–Crippen MR) is 79.4 cm³/mol. The average molecular weight is 304 g/mol. The van der Waals surface area contributed by atoms with Crippen molar-refractivity contribution in [2.24, 2.45) is 7.05 Å². The number of hydrogen-bond acceptors (Lipinski definition) is 2. The monoisotopic (exact) mass is 304 g/mol. The number of rotatable bonds is 4. The molecule has 0 fully saturated rings. The fraction of sp³-hybridized carbons (Fsp3) is 0.188. The molecule has 2 aromatic carbocycles. The van der Waals surface area contributed by atoms with E-state index >= 15 is 0 Å². The smallest absolute Gasteiger partial charge is 0.387 e. The quantitative estimate of drug-likeness (QED) is 0.743. The molecule has 6 heteroatoms. The zero-order valence-corrected chi connectivity index (χ0v) is 11.9. The van der Waals surface area contributed by atoms with E-state index in [0.717, 1.165) is 5.52 Å². The van der Waals surface area contributed by atoms with Gasteiger partial charge < -0.3 is 4.74 Å². The number of hydrogen-bond donors (Lipinski definition) is 0. The maximum atomic E-state index is 12.5. The van der Waals surface area contributed by atoms with E-state index in [1.54, 1.807) is 42.1 Å². The topological polar surface area (TPSA) is 36.2 Å². The van der Waals surface area contributed by atoms with Gasteiger partial charge in [-0.05, 0) is 18.2 Å². The number of ether oxygens (including phenoxy) is 1. The first-order chi connectivity index (χ1) is 10.6. The Hall–Kier alpha value is -2.63. The van der Waals surface area contributed by atoms with Gasteiger partial charge in [0.2, 0.25) is 0 Å². The number of halogens is 2. The lowest BCUT2D eigenvalue weighted by atomic mass is 10.2. The van der Waals surface area contributed by atoms with Crippen LogP contribution in [0.3, 0.4) is 0 Å². The molecule has 1 heterocycles. The fourth-order valence-electron chi connectivity index (χ4n) is 2.52. The second-order valence-electron chi connectivity index (χ2n) is 4.89. The van der Waals surface area contributed by atoms with Gasteiger partial charge in [-0.2, -0.15) is 8.78 Å². The van der Waals surface area contributed by atoms with Crippen LogP contribution in [-0.4, -0.2) is 16.0 Å². The van der Waals surface area contributed by atoms with Crippen molar-refractivity contribution in [3.8, 4) is 5.75 Å². The van der Waals surface area contributed by atoms with E-state index < -0.39 is 6.61 Å². The van der Waals surface area contributed by atoms with E-state index in [0.29, 0.717) is 10.9 Å². The minimum atomic E-state index is -2.88. The summed E-state index contributed by atoms with van der Waals surface area (Å²) in [7, 11) is 1.65. The van der Waals surface area contributed by atoms with Crippen molar-refractivity contribution in [2.45, 2.75) is 13.2 Å². The highest BCUT2D eigenvalue weighted by molar-refractivity contribution is 5.78. The number of benzene rings is 2. The second kappa shape index (κ2) is 5.63. The normalized spacial score (nSPS) is 11.3. The summed E-state index contributed by atoms with van der Waals surface area (Å²) in [5, 5.41) is 0.595. The molecule has 3 aromatic rings. The van der Waals surface area contributed by atoms with Crippen LogP contribution >= 0.6 is 0 Å². The molecular formula is C16H14F2N2O2. The molecule has 114 valence electrons. The van der Waals surface area contributed by atoms with Gasteiger partial charge in [-0.15, -0.1) is 0 Å². The van der Waals surface area contributed by atoms with Crippen molar-refractivity contribution < 1.29 is 13.5 Å². The lowest BCUT2D eigenvalue weighted by Crippen LogP contribution is -2.20. The molecule has 0 saturated carbocycles. The molecule has 0 unspecified atom stereocenters. The SMILES string of the molecule is Cn1c(=O)c2ccccc2n1Cc1ccccc1OC(F)F. The van der Waals surface area contributed by atoms with Crippen LogP contribution in [0.15, 0.2) is 53.3 Å². The highest BCUT2D eigenvalue weighted by Gasteiger charge is 2.14. The molecule has 0 bridgehead atoms. The van der Waals surface area contributed by atoms with Crippen LogP contribution in [0.1, 0.15) is 5.56 Å². The predicted octanol–water partition coefficient (Wildman–Crippen LogP) is 2.99. The molecule has 0 aliphatic carbocycles. The minimum absolute atomic E-state index is 0.114. The molecule has 0 N–H and O–H groups in total. The molecule has 0 atom stereocenters. The molecule has 3 rings (SSSR count). The van der Waals surface area contributed by atoms with Gasteiger partial charge in [0.1, 0.15) is 5.75 Å². The average Bonchev–Trinajstić information content (AvgIpc) is 2.74. The molecule has 0 amide bonds. The largest absolute Gasteiger partial charge is 0.434 e. The van der Waals surface area contributed by atoms with Crippen LogP contribution in [0.25, 0.3) is 10.9 Å². The Bertz CT molecular complexity index is 868. The van der Waals surface area contributed by atoms with Crippen LogP contribution < -0.4 is 10.3 Å². The molecule has 0 spiro atoms. The summed E-state index contributed by atoms with van der Waals surface area (Å²) in [5.41, 5.74) is 1.21. The highest BCUT2D eigenvalue weighted by Crippen LogP contribution is 2.22. The van der Waals surface area contributed by atoms with Gasteiger partial charge >= 0.3 is 6.61 Å². The molecule has 22 heavy (non-hydrogen) atoms. The number of alkyl halides is 2. The fourth-order valence-corrected chi connectivity index (χ4v) is 2.52. The molecule has 0 saturated heterocycles. The number of fused-ring (bicyclic) bond motifs is 1. The minimum Gasteiger partial charge on any atom is -0.434 e. The van der Waals surface area contributed by atoms with Crippen LogP contribution in [0.5, 0.6) is 5.75 Å². The van der Waals surface area contributed by atoms with Crippen LogP contribution in [0, 0.1) is 0 Å². The van der Waals surface area contributed by atoms with Gasteiger partial charge in [-0.25, -0.2) is 0 Å². The van der Waals surface area contributed by atoms with E-state index in [-0.39, 0.29) is 17.9 Å². The number of para-hydroxylation sites is 2. The lowest BCUT2D eigenvalue weighted by molar-refractivity contribution is -0.0505. The number of aromatic nitrogens is 2. The van der Waals surface area contributed by atoms with Gasteiger partial charge in [-0.3, -0.25) is 14.2 Å². The van der Waals surface area contributed by atoms with E-state index in [4.69, 9.17) is 0 Å². The van der Waals surface area contributed by atoms with Gasteiger partial charge in [-0.1, -0.05) is 30.3 Å². The Morgan fingerprint density at radius 2 is 1.77 bits per heavy atom. The first-order valence-corrected chi connectivity index (χ1v) is 6.75. The van der Waals surface area contributed by atoms with E-state index in [1.165, 1.54) is 10.7 Å². The maximum Gasteiger partial charge on any atom is 0.387 e. The molecule has 0 aliphatic rings. The van der Waals surface area contributed by atoms with Crippen molar-refractivity contribution >= 4 is 10.9 Å². The Morgan fingerprint density at radius 3 is 2.55 bits per heavy atom. The van der Waals surface area contributed by atoms with Crippen molar-refractivity contribution in [1.29, 1.82) is 0 Å². The summed E-state index contributed by atoms with van der Waals surface area (Å²) in [6.07, 6.45) is 0. The van der Waals surface area contributed by atoms with Gasteiger partial charge in [0.25, 0.3) is 5.56 Å². The Morgan fingerprint density at radius 1 is 1.09 bits per heavy atom. The summed E-state index contributed by atoms with van der Waals surface area (Å²) < 4.78 is 32.7. The summed E-state index contributed by atoms with van der Waals surface area (Å²) >= 11 is 0. The lowest BCUT2D eigenvalue weighted by Gasteiger charge is -2.13. The summed E-state index contributed by atoms with van der Waals surface area (Å²) in [6.45, 7) is -2.62. The molecule has 4 nitrogen and oxygen atoms in total. The van der Waals surface area contributed by atoms with E-state index in [2.05, 4.69) is 4.74 Å². The van der Waals surface area contributed by atoms with Crippen molar-refractivity contribution in [1.82, 2.24) is 9.36 Å². The third-order valence-electron chi connectivity index (χ3n) is 3.58. The van der Waals surface area contributed by atoms with Gasteiger partial charge in [0.15, 0.2) is 0 Å². The molecule has 1 aromatic heterocycles. The van der Waals surface area contributed by atoms with Gasteiger partial charge in [0.05, 0.1) is 17.4 Å². The summed E-state index contributed by atoms with van der Waals surface area (Å²) in [5.74, 6) is 0.114. The molecule has 0 radical (unpaired) electrons. The van der Waals surface area contributed by atoms with Crippen molar-refractivity contribution in [3.05, 3.63) is 64.4 Å². The third-order valence-corrected chi connectivity index (χ3v) is 3.58. The molecule has 0 aliphatic heterocycles. The zero-order valence-electron chi connectivity index (χ0n) is 11.9. The Kier molecular flexibility index (Phi) is 3.66. The zero-order chi connectivity index (χ0) is 15.7. The summed E-state index contributed by atoms with van der Waals surface area (Å²) in [4.78, 5) is 12.2. The van der Waals surface area contributed by atoms with E-state index in [9.17, 15) is 13.6 Å². The maximum absolute atomic E-state index is 12.5.